The Morgan fingerprint density at radius 3 is 2.52 bits per heavy atom. The van der Waals surface area contributed by atoms with Crippen LogP contribution in [0.25, 0.3) is 22.0 Å². The Hall–Kier alpha value is -4.30. The third-order valence-corrected chi connectivity index (χ3v) is 9.72. The van der Waals surface area contributed by atoms with Crippen molar-refractivity contribution < 1.29 is 9.90 Å². The van der Waals surface area contributed by atoms with Crippen LogP contribution >= 0.6 is 11.6 Å². The average Bonchev–Trinajstić information content (AvgIpc) is 3.64. The van der Waals surface area contributed by atoms with Gasteiger partial charge in [-0.05, 0) is 104 Å². The minimum absolute atomic E-state index is 0.0484. The average molecular weight is 634 g/mol. The number of phenols is 1. The number of aromatic nitrogens is 1. The van der Waals surface area contributed by atoms with Gasteiger partial charge >= 0.3 is 0 Å². The van der Waals surface area contributed by atoms with Crippen molar-refractivity contribution in [3.63, 3.8) is 0 Å². The second kappa shape index (κ2) is 13.2. The molecule has 0 saturated carbocycles. The zero-order valence-corrected chi connectivity index (χ0v) is 26.9. The highest BCUT2D eigenvalue weighted by Gasteiger charge is 2.35. The molecule has 7 rings (SSSR count). The number of para-hydroxylation sites is 1. The van der Waals surface area contributed by atoms with E-state index in [0.29, 0.717) is 35.2 Å². The van der Waals surface area contributed by atoms with Crippen molar-refractivity contribution in [3.05, 3.63) is 118 Å². The molecule has 46 heavy (non-hydrogen) atoms. The molecule has 236 valence electrons. The van der Waals surface area contributed by atoms with Crippen molar-refractivity contribution in [2.24, 2.45) is 0 Å². The van der Waals surface area contributed by atoms with Gasteiger partial charge < -0.3 is 30.5 Å². The standard InChI is InChI=1S/C38H40ClN5O2/c1-43-18-14-31(15-19-43)41-17-16-40-30-11-8-25(9-12-30)26-6-7-28-24-44(38(46)33(28)21-26)36(34-22-29(39)10-13-37(34)45)23-32-20-27-4-2-3-5-35(27)42-32/h2-13,20-22,31,36,40-42,45H,14-19,23-24H2,1H3/t36-/m0/s1. The first-order chi connectivity index (χ1) is 22.4. The van der Waals surface area contributed by atoms with E-state index in [-0.39, 0.29) is 11.7 Å². The first kappa shape index (κ1) is 30.4. The first-order valence-corrected chi connectivity index (χ1v) is 16.5. The van der Waals surface area contributed by atoms with E-state index in [4.69, 9.17) is 11.6 Å². The first-order valence-electron chi connectivity index (χ1n) is 16.2. The molecular weight excluding hydrogens is 594 g/mol. The number of likely N-dealkylation sites (tertiary alicyclic amines) is 1. The van der Waals surface area contributed by atoms with Gasteiger partial charge in [0, 0.05) is 65.1 Å². The number of hydrogen-bond donors (Lipinski definition) is 4. The SMILES string of the molecule is CN1CCC(NCCNc2ccc(-c3ccc4c(c3)C(=O)N([C@@H](Cc3cc5ccccc5[nH]3)c3cc(Cl)ccc3O)C4)cc2)CC1. The second-order valence-corrected chi connectivity index (χ2v) is 13.1. The topological polar surface area (TPSA) is 83.6 Å². The molecule has 4 aromatic carbocycles. The molecule has 2 aliphatic heterocycles. The molecule has 1 aromatic heterocycles. The quantitative estimate of drug-likeness (QED) is 0.122. The van der Waals surface area contributed by atoms with Gasteiger partial charge in [0.05, 0.1) is 6.04 Å². The van der Waals surface area contributed by atoms with Gasteiger partial charge in [0.25, 0.3) is 5.91 Å². The number of halogens is 1. The maximum Gasteiger partial charge on any atom is 0.255 e. The summed E-state index contributed by atoms with van der Waals surface area (Å²) in [5.74, 6) is 0.0778. The van der Waals surface area contributed by atoms with Crippen molar-refractivity contribution in [3.8, 4) is 16.9 Å². The van der Waals surface area contributed by atoms with E-state index < -0.39 is 6.04 Å². The van der Waals surface area contributed by atoms with Crippen LogP contribution in [0.4, 0.5) is 5.69 Å². The number of carbonyl (C=O) groups is 1. The molecule has 0 aliphatic carbocycles. The van der Waals surface area contributed by atoms with Crippen molar-refractivity contribution in [1.82, 2.24) is 20.1 Å². The highest BCUT2D eigenvalue weighted by Crippen LogP contribution is 2.39. The highest BCUT2D eigenvalue weighted by molar-refractivity contribution is 6.30. The summed E-state index contributed by atoms with van der Waals surface area (Å²) in [6.45, 7) is 4.59. The van der Waals surface area contributed by atoms with Crippen LogP contribution in [0.5, 0.6) is 5.75 Å². The molecule has 5 aromatic rings. The van der Waals surface area contributed by atoms with E-state index in [0.717, 1.165) is 65.2 Å². The number of aromatic hydroxyl groups is 1. The molecule has 0 unspecified atom stereocenters. The lowest BCUT2D eigenvalue weighted by Crippen LogP contribution is -2.42. The highest BCUT2D eigenvalue weighted by atomic mass is 35.5. The summed E-state index contributed by atoms with van der Waals surface area (Å²) in [5.41, 5.74) is 7.48. The van der Waals surface area contributed by atoms with Crippen LogP contribution in [0.3, 0.4) is 0 Å². The predicted octanol–water partition coefficient (Wildman–Crippen LogP) is 7.23. The van der Waals surface area contributed by atoms with E-state index in [9.17, 15) is 9.90 Å². The minimum Gasteiger partial charge on any atom is -0.508 e. The number of nitrogens with one attached hydrogen (secondary N) is 3. The van der Waals surface area contributed by atoms with Gasteiger partial charge in [-0.2, -0.15) is 0 Å². The largest absolute Gasteiger partial charge is 0.508 e. The minimum atomic E-state index is -0.408. The molecule has 1 saturated heterocycles. The number of benzene rings is 4. The molecule has 8 heteroatoms. The maximum atomic E-state index is 14.1. The van der Waals surface area contributed by atoms with Gasteiger partial charge in [0.2, 0.25) is 0 Å². The number of phenolic OH excluding ortho intramolecular Hbond substituents is 1. The van der Waals surface area contributed by atoms with Gasteiger partial charge in [-0.15, -0.1) is 0 Å². The van der Waals surface area contributed by atoms with E-state index in [1.165, 1.54) is 12.8 Å². The number of fused-ring (bicyclic) bond motifs is 2. The fraction of sp³-hybridized carbons (Fsp3) is 0.289. The summed E-state index contributed by atoms with van der Waals surface area (Å²) in [6.07, 6.45) is 2.93. The summed E-state index contributed by atoms with van der Waals surface area (Å²) in [5, 5.41) is 19.8. The Bertz CT molecular complexity index is 1810. The summed E-state index contributed by atoms with van der Waals surface area (Å²) in [6, 6.07) is 30.0. The monoisotopic (exact) mass is 633 g/mol. The van der Waals surface area contributed by atoms with Gasteiger partial charge in [0.1, 0.15) is 5.75 Å². The number of rotatable bonds is 10. The molecule has 1 amide bonds. The van der Waals surface area contributed by atoms with Crippen LogP contribution in [0, 0.1) is 0 Å². The Kier molecular flexibility index (Phi) is 8.71. The molecule has 3 heterocycles. The van der Waals surface area contributed by atoms with E-state index >= 15 is 0 Å². The number of amides is 1. The molecule has 7 nitrogen and oxygen atoms in total. The summed E-state index contributed by atoms with van der Waals surface area (Å²) < 4.78 is 0. The van der Waals surface area contributed by atoms with Crippen LogP contribution in [0.15, 0.2) is 91.0 Å². The molecule has 0 spiro atoms. The lowest BCUT2D eigenvalue weighted by atomic mass is 9.99. The van der Waals surface area contributed by atoms with E-state index in [1.54, 1.807) is 18.2 Å². The van der Waals surface area contributed by atoms with Crippen LogP contribution in [-0.2, 0) is 13.0 Å². The number of piperidine rings is 1. The van der Waals surface area contributed by atoms with Gasteiger partial charge in [-0.3, -0.25) is 4.79 Å². The Balaban J connectivity index is 1.06. The number of carbonyl (C=O) groups excluding carboxylic acids is 1. The zero-order valence-electron chi connectivity index (χ0n) is 26.1. The van der Waals surface area contributed by atoms with Crippen molar-refractivity contribution in [2.75, 3.05) is 38.5 Å². The maximum absolute atomic E-state index is 14.1. The van der Waals surface area contributed by atoms with Crippen LogP contribution in [0.2, 0.25) is 5.02 Å². The summed E-state index contributed by atoms with van der Waals surface area (Å²) >= 11 is 6.40. The number of aromatic amines is 1. The fourth-order valence-corrected chi connectivity index (χ4v) is 7.04. The van der Waals surface area contributed by atoms with Crippen molar-refractivity contribution in [1.29, 1.82) is 0 Å². The number of H-pyrrole nitrogens is 1. The molecular formula is C38H40ClN5O2. The van der Waals surface area contributed by atoms with Crippen LogP contribution < -0.4 is 10.6 Å². The third-order valence-electron chi connectivity index (χ3n) is 9.49. The predicted molar refractivity (Wildman–Crippen MR) is 187 cm³/mol. The van der Waals surface area contributed by atoms with Gasteiger partial charge in [0.15, 0.2) is 0 Å². The Labute approximate surface area is 275 Å². The van der Waals surface area contributed by atoms with Gasteiger partial charge in [-0.25, -0.2) is 0 Å². The van der Waals surface area contributed by atoms with E-state index in [1.807, 2.05) is 29.2 Å². The smallest absolute Gasteiger partial charge is 0.255 e. The molecule has 1 atom stereocenters. The van der Waals surface area contributed by atoms with Gasteiger partial charge in [-0.1, -0.05) is 54.1 Å². The number of anilines is 1. The van der Waals surface area contributed by atoms with Crippen LogP contribution in [-0.4, -0.2) is 65.1 Å². The van der Waals surface area contributed by atoms with Crippen molar-refractivity contribution in [2.45, 2.75) is 37.9 Å². The lowest BCUT2D eigenvalue weighted by molar-refractivity contribution is 0.0697. The molecule has 0 radical (unpaired) electrons. The number of nitrogens with zero attached hydrogens (tertiary/aromatic N) is 2. The van der Waals surface area contributed by atoms with Crippen LogP contribution in [0.1, 0.15) is 46.1 Å². The Morgan fingerprint density at radius 2 is 1.72 bits per heavy atom. The number of hydrogen-bond acceptors (Lipinski definition) is 5. The van der Waals surface area contributed by atoms with Crippen molar-refractivity contribution >= 4 is 34.1 Å². The summed E-state index contributed by atoms with van der Waals surface area (Å²) in [4.78, 5) is 21.8. The summed E-state index contributed by atoms with van der Waals surface area (Å²) in [7, 11) is 2.19. The zero-order chi connectivity index (χ0) is 31.6. The molecule has 4 N–H and O–H groups in total. The second-order valence-electron chi connectivity index (χ2n) is 12.6. The lowest BCUT2D eigenvalue weighted by Gasteiger charge is -2.29. The molecule has 2 aliphatic rings. The van der Waals surface area contributed by atoms with E-state index in [2.05, 4.69) is 76.1 Å². The Morgan fingerprint density at radius 1 is 0.935 bits per heavy atom. The molecule has 0 bridgehead atoms. The fourth-order valence-electron chi connectivity index (χ4n) is 6.86. The normalized spacial score (nSPS) is 16.2. The molecule has 1 fully saturated rings. The third kappa shape index (κ3) is 6.49.